The molecule has 0 aliphatic rings. The van der Waals surface area contributed by atoms with Gasteiger partial charge in [-0.05, 0) is 61.2 Å². The van der Waals surface area contributed by atoms with Crippen molar-refractivity contribution < 1.29 is 9.59 Å². The first kappa shape index (κ1) is 20.1. The summed E-state index contributed by atoms with van der Waals surface area (Å²) in [4.78, 5) is 25.4. The maximum absolute atomic E-state index is 12.8. The van der Waals surface area contributed by atoms with Gasteiger partial charge in [0.25, 0.3) is 5.91 Å². The Morgan fingerprint density at radius 1 is 0.759 bits per heavy atom. The molecule has 3 aromatic carbocycles. The average Bonchev–Trinajstić information content (AvgIpc) is 2.72. The topological polar surface area (TPSA) is 58.2 Å². The van der Waals surface area contributed by atoms with Crippen LogP contribution >= 0.6 is 0 Å². The molecule has 0 aliphatic heterocycles. The SMILES string of the molecule is C/C(=C/C(=O)Nc1ccccc1C(=O)Nc1cccc(C)c1C)c1ccccc1. The summed E-state index contributed by atoms with van der Waals surface area (Å²) in [7, 11) is 0. The van der Waals surface area contributed by atoms with E-state index in [1.807, 2.05) is 69.3 Å². The molecule has 0 saturated carbocycles. The molecule has 0 unspecified atom stereocenters. The van der Waals surface area contributed by atoms with Crippen molar-refractivity contribution in [3.05, 3.63) is 101 Å². The number of rotatable bonds is 5. The Bertz CT molecular complexity index is 1070. The van der Waals surface area contributed by atoms with E-state index in [-0.39, 0.29) is 11.8 Å². The first-order valence-electron chi connectivity index (χ1n) is 9.47. The summed E-state index contributed by atoms with van der Waals surface area (Å²) in [6, 6.07) is 22.4. The van der Waals surface area contributed by atoms with Gasteiger partial charge in [0.05, 0.1) is 11.3 Å². The summed E-state index contributed by atoms with van der Waals surface area (Å²) in [5.41, 5.74) is 5.58. The molecule has 0 aliphatic carbocycles. The molecule has 2 amide bonds. The lowest BCUT2D eigenvalue weighted by molar-refractivity contribution is -0.111. The van der Waals surface area contributed by atoms with Crippen molar-refractivity contribution in [2.75, 3.05) is 10.6 Å². The fourth-order valence-corrected chi connectivity index (χ4v) is 3.02. The Morgan fingerprint density at radius 2 is 1.41 bits per heavy atom. The molecular weight excluding hydrogens is 360 g/mol. The van der Waals surface area contributed by atoms with E-state index < -0.39 is 0 Å². The fraction of sp³-hybridized carbons (Fsp3) is 0.120. The van der Waals surface area contributed by atoms with E-state index in [0.717, 1.165) is 28.0 Å². The van der Waals surface area contributed by atoms with Crippen molar-refractivity contribution in [3.8, 4) is 0 Å². The van der Waals surface area contributed by atoms with Crippen molar-refractivity contribution >= 4 is 28.8 Å². The van der Waals surface area contributed by atoms with Gasteiger partial charge in [-0.25, -0.2) is 0 Å². The molecule has 0 saturated heterocycles. The number of anilines is 2. The van der Waals surface area contributed by atoms with E-state index >= 15 is 0 Å². The minimum absolute atomic E-state index is 0.265. The predicted molar refractivity (Wildman–Crippen MR) is 119 cm³/mol. The van der Waals surface area contributed by atoms with Gasteiger partial charge in [-0.15, -0.1) is 0 Å². The molecule has 0 heterocycles. The molecule has 0 bridgehead atoms. The summed E-state index contributed by atoms with van der Waals surface area (Å²) >= 11 is 0. The molecule has 29 heavy (non-hydrogen) atoms. The zero-order valence-electron chi connectivity index (χ0n) is 16.8. The third-order valence-corrected chi connectivity index (χ3v) is 4.86. The number of para-hydroxylation sites is 1. The number of hydrogen-bond donors (Lipinski definition) is 2. The van der Waals surface area contributed by atoms with Crippen LogP contribution in [0.2, 0.25) is 0 Å². The van der Waals surface area contributed by atoms with E-state index in [2.05, 4.69) is 10.6 Å². The van der Waals surface area contributed by atoms with Crippen molar-refractivity contribution in [1.29, 1.82) is 0 Å². The largest absolute Gasteiger partial charge is 0.322 e. The molecule has 0 spiro atoms. The van der Waals surface area contributed by atoms with Crippen molar-refractivity contribution in [3.63, 3.8) is 0 Å². The van der Waals surface area contributed by atoms with Crippen LogP contribution in [0.4, 0.5) is 11.4 Å². The summed E-state index contributed by atoms with van der Waals surface area (Å²) in [5.74, 6) is -0.545. The number of carbonyl (C=O) groups is 2. The molecule has 3 rings (SSSR count). The maximum atomic E-state index is 12.8. The monoisotopic (exact) mass is 384 g/mol. The first-order valence-corrected chi connectivity index (χ1v) is 9.47. The van der Waals surface area contributed by atoms with Crippen molar-refractivity contribution in [1.82, 2.24) is 0 Å². The lowest BCUT2D eigenvalue weighted by Crippen LogP contribution is -2.17. The Hall–Kier alpha value is -3.66. The molecule has 146 valence electrons. The molecule has 0 atom stereocenters. The van der Waals surface area contributed by atoms with Gasteiger partial charge < -0.3 is 10.6 Å². The molecular formula is C25H24N2O2. The average molecular weight is 384 g/mol. The second-order valence-electron chi connectivity index (χ2n) is 6.93. The number of nitrogens with one attached hydrogen (secondary N) is 2. The summed E-state index contributed by atoms with van der Waals surface area (Å²) in [6.45, 7) is 5.85. The van der Waals surface area contributed by atoms with Gasteiger partial charge in [0, 0.05) is 11.8 Å². The lowest BCUT2D eigenvalue weighted by atomic mass is 10.1. The number of carbonyl (C=O) groups excluding carboxylic acids is 2. The highest BCUT2D eigenvalue weighted by Gasteiger charge is 2.14. The third-order valence-electron chi connectivity index (χ3n) is 4.86. The van der Waals surface area contributed by atoms with Crippen LogP contribution in [0.25, 0.3) is 5.57 Å². The van der Waals surface area contributed by atoms with Gasteiger partial charge in [-0.3, -0.25) is 9.59 Å². The number of allylic oxidation sites excluding steroid dienone is 1. The third kappa shape index (κ3) is 4.99. The van der Waals surface area contributed by atoms with Gasteiger partial charge in [0.1, 0.15) is 0 Å². The molecule has 4 heteroatoms. The first-order chi connectivity index (χ1) is 14.0. The highest BCUT2D eigenvalue weighted by Crippen LogP contribution is 2.22. The molecule has 0 fully saturated rings. The number of benzene rings is 3. The molecule has 3 aromatic rings. The fourth-order valence-electron chi connectivity index (χ4n) is 3.02. The van der Waals surface area contributed by atoms with Crippen LogP contribution in [0.3, 0.4) is 0 Å². The van der Waals surface area contributed by atoms with E-state index in [0.29, 0.717) is 11.3 Å². The minimum atomic E-state index is -0.279. The smallest absolute Gasteiger partial charge is 0.257 e. The van der Waals surface area contributed by atoms with Crippen LogP contribution in [0, 0.1) is 13.8 Å². The lowest BCUT2D eigenvalue weighted by Gasteiger charge is -2.13. The quantitative estimate of drug-likeness (QED) is 0.563. The Labute approximate surface area is 171 Å². The second-order valence-corrected chi connectivity index (χ2v) is 6.93. The van der Waals surface area contributed by atoms with Crippen LogP contribution in [-0.2, 0) is 4.79 Å². The molecule has 0 radical (unpaired) electrons. The molecule has 2 N–H and O–H groups in total. The number of amides is 2. The summed E-state index contributed by atoms with van der Waals surface area (Å²) in [5, 5.41) is 5.77. The van der Waals surface area contributed by atoms with E-state index in [9.17, 15) is 9.59 Å². The number of aryl methyl sites for hydroxylation is 1. The molecule has 4 nitrogen and oxygen atoms in total. The van der Waals surface area contributed by atoms with Crippen LogP contribution in [-0.4, -0.2) is 11.8 Å². The maximum Gasteiger partial charge on any atom is 0.257 e. The zero-order chi connectivity index (χ0) is 20.8. The molecule has 0 aromatic heterocycles. The van der Waals surface area contributed by atoms with Crippen molar-refractivity contribution in [2.24, 2.45) is 0 Å². The van der Waals surface area contributed by atoms with Gasteiger partial charge in [0.15, 0.2) is 0 Å². The van der Waals surface area contributed by atoms with Crippen LogP contribution < -0.4 is 10.6 Å². The van der Waals surface area contributed by atoms with Crippen LogP contribution in [0.15, 0.2) is 78.9 Å². The Balaban J connectivity index is 1.79. The van der Waals surface area contributed by atoms with Crippen molar-refractivity contribution in [2.45, 2.75) is 20.8 Å². The normalized spacial score (nSPS) is 11.1. The van der Waals surface area contributed by atoms with E-state index in [4.69, 9.17) is 0 Å². The standard InChI is InChI=1S/C25H24N2O2/c1-17-10-9-15-22(19(17)3)27-25(29)21-13-7-8-14-23(21)26-24(28)16-18(2)20-11-5-4-6-12-20/h4-16H,1-3H3,(H,26,28)(H,27,29)/b18-16-. The summed E-state index contributed by atoms with van der Waals surface area (Å²) in [6.07, 6.45) is 1.54. The van der Waals surface area contributed by atoms with Gasteiger partial charge in [0.2, 0.25) is 5.91 Å². The van der Waals surface area contributed by atoms with Gasteiger partial charge >= 0.3 is 0 Å². The predicted octanol–water partition coefficient (Wildman–Crippen LogP) is 5.60. The Morgan fingerprint density at radius 3 is 2.17 bits per heavy atom. The minimum Gasteiger partial charge on any atom is -0.322 e. The highest BCUT2D eigenvalue weighted by atomic mass is 16.2. The zero-order valence-corrected chi connectivity index (χ0v) is 16.8. The second kappa shape index (κ2) is 9.02. The van der Waals surface area contributed by atoms with E-state index in [1.54, 1.807) is 24.3 Å². The van der Waals surface area contributed by atoms with Crippen LogP contribution in [0.1, 0.15) is 34.0 Å². The van der Waals surface area contributed by atoms with Crippen LogP contribution in [0.5, 0.6) is 0 Å². The van der Waals surface area contributed by atoms with Gasteiger partial charge in [-0.2, -0.15) is 0 Å². The van der Waals surface area contributed by atoms with Gasteiger partial charge in [-0.1, -0.05) is 54.6 Å². The Kier molecular flexibility index (Phi) is 6.25. The summed E-state index contributed by atoms with van der Waals surface area (Å²) < 4.78 is 0. The van der Waals surface area contributed by atoms with E-state index in [1.165, 1.54) is 6.08 Å². The number of hydrogen-bond acceptors (Lipinski definition) is 2. The highest BCUT2D eigenvalue weighted by molar-refractivity contribution is 6.12.